The minimum atomic E-state index is -0.452. The van der Waals surface area contributed by atoms with Gasteiger partial charge in [0.15, 0.2) is 0 Å². The van der Waals surface area contributed by atoms with Gasteiger partial charge in [0.05, 0.1) is 12.2 Å². The molecule has 0 heterocycles. The molecule has 1 aromatic carbocycles. The Morgan fingerprint density at radius 2 is 1.90 bits per heavy atom. The van der Waals surface area contributed by atoms with Crippen LogP contribution in [0.15, 0.2) is 18.2 Å². The summed E-state index contributed by atoms with van der Waals surface area (Å²) >= 11 is 0. The van der Waals surface area contributed by atoms with E-state index in [1.54, 1.807) is 38.2 Å². The third-order valence-corrected chi connectivity index (χ3v) is 3.05. The number of ether oxygens (including phenoxy) is 2. The van der Waals surface area contributed by atoms with Crippen LogP contribution >= 0.6 is 0 Å². The smallest absolute Gasteiger partial charge is 0.256 e. The Kier molecular flexibility index (Phi) is 7.18. The lowest BCUT2D eigenvalue weighted by atomic mass is 10.1. The maximum atomic E-state index is 14.0. The molecule has 112 valence electrons. The molecule has 4 nitrogen and oxygen atoms in total. The van der Waals surface area contributed by atoms with Crippen molar-refractivity contribution in [3.8, 4) is 0 Å². The van der Waals surface area contributed by atoms with E-state index in [4.69, 9.17) is 9.47 Å². The Hall–Kier alpha value is -1.46. The molecule has 1 aromatic rings. The lowest BCUT2D eigenvalue weighted by Gasteiger charge is -2.22. The highest BCUT2D eigenvalue weighted by molar-refractivity contribution is 5.94. The largest absolute Gasteiger partial charge is 0.385 e. The molecule has 0 aliphatic carbocycles. The summed E-state index contributed by atoms with van der Waals surface area (Å²) in [6.45, 7) is 3.59. The van der Waals surface area contributed by atoms with Gasteiger partial charge in [-0.05, 0) is 25.0 Å². The summed E-state index contributed by atoms with van der Waals surface area (Å²) in [7, 11) is 3.19. The zero-order valence-electron chi connectivity index (χ0n) is 12.3. The van der Waals surface area contributed by atoms with Crippen LogP contribution in [-0.4, -0.2) is 51.3 Å². The molecule has 0 radical (unpaired) electrons. The molecular formula is C15H22FNO3. The van der Waals surface area contributed by atoms with Crippen molar-refractivity contribution < 1.29 is 18.7 Å². The van der Waals surface area contributed by atoms with Crippen molar-refractivity contribution in [3.63, 3.8) is 0 Å². The van der Waals surface area contributed by atoms with E-state index >= 15 is 0 Å². The van der Waals surface area contributed by atoms with Gasteiger partial charge in [0.25, 0.3) is 5.91 Å². The summed E-state index contributed by atoms with van der Waals surface area (Å²) in [6.07, 6.45) is 0.708. The summed E-state index contributed by atoms with van der Waals surface area (Å²) in [6, 6.07) is 4.85. The third kappa shape index (κ3) is 4.58. The first-order valence-corrected chi connectivity index (χ1v) is 6.64. The average molecular weight is 283 g/mol. The summed E-state index contributed by atoms with van der Waals surface area (Å²) in [4.78, 5) is 14.0. The number of benzene rings is 1. The molecule has 0 unspecified atom stereocenters. The summed E-state index contributed by atoms with van der Waals surface area (Å²) in [5.74, 6) is -0.758. The molecule has 0 atom stereocenters. The number of hydrogen-bond acceptors (Lipinski definition) is 3. The molecule has 20 heavy (non-hydrogen) atoms. The van der Waals surface area contributed by atoms with Gasteiger partial charge in [-0.15, -0.1) is 0 Å². The Balaban J connectivity index is 2.82. The molecule has 0 bridgehead atoms. The van der Waals surface area contributed by atoms with Gasteiger partial charge in [-0.3, -0.25) is 4.79 Å². The van der Waals surface area contributed by atoms with Crippen LogP contribution in [0.3, 0.4) is 0 Å². The predicted octanol–water partition coefficient (Wildman–Crippen LogP) is 2.26. The minimum absolute atomic E-state index is 0.110. The molecule has 0 saturated carbocycles. The van der Waals surface area contributed by atoms with Gasteiger partial charge < -0.3 is 14.4 Å². The normalized spacial score (nSPS) is 10.6. The summed E-state index contributed by atoms with van der Waals surface area (Å²) in [5.41, 5.74) is 0.581. The molecule has 1 rings (SSSR count). The second-order valence-corrected chi connectivity index (χ2v) is 4.57. The van der Waals surface area contributed by atoms with Crippen molar-refractivity contribution in [1.82, 2.24) is 4.90 Å². The van der Waals surface area contributed by atoms with Crippen molar-refractivity contribution in [2.24, 2.45) is 0 Å². The molecule has 0 fully saturated rings. The van der Waals surface area contributed by atoms with E-state index in [2.05, 4.69) is 0 Å². The second kappa shape index (κ2) is 8.66. The molecular weight excluding hydrogens is 261 g/mol. The topological polar surface area (TPSA) is 38.8 Å². The van der Waals surface area contributed by atoms with Crippen molar-refractivity contribution >= 4 is 5.91 Å². The number of hydrogen-bond donors (Lipinski definition) is 0. The number of nitrogens with zero attached hydrogens (tertiary/aromatic N) is 1. The SMILES string of the molecule is COCCCN(CCOC)C(=O)c1cccc(C)c1F. The number of carbonyl (C=O) groups excluding carboxylic acids is 1. The van der Waals surface area contributed by atoms with Gasteiger partial charge >= 0.3 is 0 Å². The zero-order chi connectivity index (χ0) is 15.0. The monoisotopic (exact) mass is 283 g/mol. The van der Waals surface area contributed by atoms with E-state index in [1.807, 2.05) is 0 Å². The number of aryl methyl sites for hydroxylation is 1. The predicted molar refractivity (Wildman–Crippen MR) is 75.4 cm³/mol. The molecule has 0 aliphatic heterocycles. The fourth-order valence-electron chi connectivity index (χ4n) is 1.90. The van der Waals surface area contributed by atoms with Crippen LogP contribution in [0, 0.1) is 12.7 Å². The number of methoxy groups -OCH3 is 2. The standard InChI is InChI=1S/C15H22FNO3/c1-12-6-4-7-13(14(12)16)15(18)17(9-11-20-3)8-5-10-19-2/h4,6-7H,5,8-11H2,1-3H3. The first-order chi connectivity index (χ1) is 9.61. The van der Waals surface area contributed by atoms with Gasteiger partial charge in [-0.25, -0.2) is 4.39 Å². The minimum Gasteiger partial charge on any atom is -0.385 e. The maximum Gasteiger partial charge on any atom is 0.256 e. The first kappa shape index (κ1) is 16.6. The lowest BCUT2D eigenvalue weighted by molar-refractivity contribution is 0.0669. The molecule has 0 aliphatic rings. The van der Waals surface area contributed by atoms with Crippen LogP contribution in [0.2, 0.25) is 0 Å². The molecule has 0 aromatic heterocycles. The van der Waals surface area contributed by atoms with E-state index in [-0.39, 0.29) is 11.5 Å². The number of rotatable bonds is 8. The van der Waals surface area contributed by atoms with Crippen LogP contribution in [-0.2, 0) is 9.47 Å². The quantitative estimate of drug-likeness (QED) is 0.687. The second-order valence-electron chi connectivity index (χ2n) is 4.57. The third-order valence-electron chi connectivity index (χ3n) is 3.05. The molecule has 1 amide bonds. The van der Waals surface area contributed by atoms with Crippen molar-refractivity contribution in [1.29, 1.82) is 0 Å². The highest BCUT2D eigenvalue weighted by Gasteiger charge is 2.19. The lowest BCUT2D eigenvalue weighted by Crippen LogP contribution is -2.35. The Morgan fingerprint density at radius 3 is 2.55 bits per heavy atom. The highest BCUT2D eigenvalue weighted by Crippen LogP contribution is 2.14. The Morgan fingerprint density at radius 1 is 1.20 bits per heavy atom. The van der Waals surface area contributed by atoms with Gasteiger partial charge in [0.2, 0.25) is 0 Å². The van der Waals surface area contributed by atoms with E-state index in [0.717, 1.165) is 0 Å². The highest BCUT2D eigenvalue weighted by atomic mass is 19.1. The van der Waals surface area contributed by atoms with Crippen LogP contribution < -0.4 is 0 Å². The fraction of sp³-hybridized carbons (Fsp3) is 0.533. The van der Waals surface area contributed by atoms with E-state index in [0.29, 0.717) is 38.3 Å². The molecule has 0 saturated heterocycles. The maximum absolute atomic E-state index is 14.0. The van der Waals surface area contributed by atoms with Crippen molar-refractivity contribution in [2.45, 2.75) is 13.3 Å². The van der Waals surface area contributed by atoms with Crippen LogP contribution in [0.1, 0.15) is 22.3 Å². The number of carbonyl (C=O) groups is 1. The van der Waals surface area contributed by atoms with Crippen LogP contribution in [0.5, 0.6) is 0 Å². The summed E-state index contributed by atoms with van der Waals surface area (Å²) < 4.78 is 24.0. The first-order valence-electron chi connectivity index (χ1n) is 6.64. The van der Waals surface area contributed by atoms with E-state index in [1.165, 1.54) is 6.07 Å². The van der Waals surface area contributed by atoms with Crippen LogP contribution in [0.4, 0.5) is 4.39 Å². The van der Waals surface area contributed by atoms with Crippen molar-refractivity contribution in [3.05, 3.63) is 35.1 Å². The fourth-order valence-corrected chi connectivity index (χ4v) is 1.90. The Labute approximate surface area is 119 Å². The molecule has 0 spiro atoms. The van der Waals surface area contributed by atoms with Gasteiger partial charge in [-0.2, -0.15) is 0 Å². The zero-order valence-corrected chi connectivity index (χ0v) is 12.3. The number of amides is 1. The van der Waals surface area contributed by atoms with Gasteiger partial charge in [0.1, 0.15) is 5.82 Å². The number of halogens is 1. The van der Waals surface area contributed by atoms with E-state index < -0.39 is 5.82 Å². The average Bonchev–Trinajstić information content (AvgIpc) is 2.45. The Bertz CT molecular complexity index is 437. The molecule has 0 N–H and O–H groups in total. The van der Waals surface area contributed by atoms with E-state index in [9.17, 15) is 9.18 Å². The van der Waals surface area contributed by atoms with Crippen molar-refractivity contribution in [2.75, 3.05) is 40.5 Å². The van der Waals surface area contributed by atoms with Gasteiger partial charge in [-0.1, -0.05) is 12.1 Å². The molecule has 5 heteroatoms. The van der Waals surface area contributed by atoms with Crippen LogP contribution in [0.25, 0.3) is 0 Å². The van der Waals surface area contributed by atoms with Gasteiger partial charge in [0, 0.05) is 33.9 Å². The summed E-state index contributed by atoms with van der Waals surface area (Å²) in [5, 5.41) is 0.